The first-order chi connectivity index (χ1) is 8.50. The van der Waals surface area contributed by atoms with E-state index in [1.165, 1.54) is 12.3 Å². The molecule has 2 aromatic rings. The molecule has 0 atom stereocenters. The second-order valence-electron chi connectivity index (χ2n) is 3.79. The predicted octanol–water partition coefficient (Wildman–Crippen LogP) is 3.26. The Morgan fingerprint density at radius 2 is 1.89 bits per heavy atom. The molecule has 0 unspecified atom stereocenters. The normalized spacial score (nSPS) is 11.6. The summed E-state index contributed by atoms with van der Waals surface area (Å²) in [6.07, 6.45) is -2.92. The van der Waals surface area contributed by atoms with Crippen LogP contribution in [-0.4, -0.2) is 10.1 Å². The van der Waals surface area contributed by atoms with Crippen LogP contribution in [0.2, 0.25) is 0 Å². The quantitative estimate of drug-likeness (QED) is 0.891. The topological polar surface area (TPSA) is 33.1 Å². The number of nitrogens with zero attached hydrogens (tertiary/aromatic N) is 1. The molecule has 94 valence electrons. The second kappa shape index (κ2) is 4.78. The first-order valence-electron chi connectivity index (χ1n) is 5.24. The van der Waals surface area contributed by atoms with Gasteiger partial charge in [0.1, 0.15) is 0 Å². The van der Waals surface area contributed by atoms with Crippen molar-refractivity contribution in [3.63, 3.8) is 0 Å². The minimum absolute atomic E-state index is 0.143. The van der Waals surface area contributed by atoms with Crippen LogP contribution in [0.4, 0.5) is 13.2 Å². The van der Waals surface area contributed by atoms with Crippen LogP contribution < -0.4 is 0 Å². The third kappa shape index (κ3) is 2.68. The van der Waals surface area contributed by atoms with E-state index in [4.69, 9.17) is 5.11 Å². The Morgan fingerprint density at radius 3 is 2.44 bits per heavy atom. The minimum Gasteiger partial charge on any atom is -0.392 e. The smallest absolute Gasteiger partial charge is 0.392 e. The van der Waals surface area contributed by atoms with E-state index in [1.807, 2.05) is 0 Å². The summed E-state index contributed by atoms with van der Waals surface area (Å²) in [6, 6.07) is 8.20. The summed E-state index contributed by atoms with van der Waals surface area (Å²) in [5, 5.41) is 8.86. The molecule has 0 saturated carbocycles. The standard InChI is InChI=1S/C13H10F3NO/c14-13(15,16)11-3-1-2-10(6-11)12-5-4-9(8-18)7-17-12/h1-7,18H,8H2. The Bertz CT molecular complexity index is 535. The first kappa shape index (κ1) is 12.6. The fourth-order valence-corrected chi connectivity index (χ4v) is 1.54. The zero-order chi connectivity index (χ0) is 13.2. The Labute approximate surface area is 102 Å². The van der Waals surface area contributed by atoms with Gasteiger partial charge in [-0.1, -0.05) is 18.2 Å². The summed E-state index contributed by atoms with van der Waals surface area (Å²) >= 11 is 0. The van der Waals surface area contributed by atoms with Crippen LogP contribution in [0.25, 0.3) is 11.3 Å². The van der Waals surface area contributed by atoms with Crippen LogP contribution in [0.15, 0.2) is 42.6 Å². The number of benzene rings is 1. The Hall–Kier alpha value is -1.88. The first-order valence-corrected chi connectivity index (χ1v) is 5.24. The van der Waals surface area contributed by atoms with Crippen LogP contribution in [-0.2, 0) is 12.8 Å². The summed E-state index contributed by atoms with van der Waals surface area (Å²) in [4.78, 5) is 4.02. The number of aliphatic hydroxyl groups excluding tert-OH is 1. The van der Waals surface area contributed by atoms with Crippen LogP contribution in [0.1, 0.15) is 11.1 Å². The van der Waals surface area contributed by atoms with E-state index in [1.54, 1.807) is 18.2 Å². The van der Waals surface area contributed by atoms with E-state index >= 15 is 0 Å². The van der Waals surface area contributed by atoms with Crippen molar-refractivity contribution in [1.82, 2.24) is 4.98 Å². The minimum atomic E-state index is -4.36. The summed E-state index contributed by atoms with van der Waals surface area (Å²) < 4.78 is 37.6. The van der Waals surface area contributed by atoms with Crippen LogP contribution in [0.5, 0.6) is 0 Å². The number of alkyl halides is 3. The molecule has 0 aliphatic carbocycles. The Balaban J connectivity index is 2.38. The fraction of sp³-hybridized carbons (Fsp3) is 0.154. The van der Waals surface area contributed by atoms with Gasteiger partial charge in [0.2, 0.25) is 0 Å². The molecular weight excluding hydrogens is 243 g/mol. The zero-order valence-electron chi connectivity index (χ0n) is 9.28. The summed E-state index contributed by atoms with van der Waals surface area (Å²) in [6.45, 7) is -0.143. The molecule has 0 radical (unpaired) electrons. The van der Waals surface area contributed by atoms with Gasteiger partial charge < -0.3 is 5.11 Å². The summed E-state index contributed by atoms with van der Waals surface area (Å²) in [5.41, 5.74) is 0.756. The largest absolute Gasteiger partial charge is 0.416 e. The maximum absolute atomic E-state index is 12.5. The van der Waals surface area contributed by atoms with Gasteiger partial charge in [0.25, 0.3) is 0 Å². The van der Waals surface area contributed by atoms with Gasteiger partial charge in [-0.3, -0.25) is 4.98 Å². The molecule has 1 N–H and O–H groups in total. The maximum atomic E-state index is 12.5. The van der Waals surface area contributed by atoms with E-state index in [9.17, 15) is 13.2 Å². The van der Waals surface area contributed by atoms with Crippen LogP contribution >= 0.6 is 0 Å². The van der Waals surface area contributed by atoms with Gasteiger partial charge >= 0.3 is 6.18 Å². The van der Waals surface area contributed by atoms with Gasteiger partial charge in [0, 0.05) is 11.8 Å². The second-order valence-corrected chi connectivity index (χ2v) is 3.79. The van der Waals surface area contributed by atoms with Crippen LogP contribution in [0, 0.1) is 0 Å². The van der Waals surface area contributed by atoms with Crippen molar-refractivity contribution in [2.24, 2.45) is 0 Å². The third-order valence-corrected chi connectivity index (χ3v) is 2.49. The highest BCUT2D eigenvalue weighted by molar-refractivity contribution is 5.60. The molecule has 18 heavy (non-hydrogen) atoms. The van der Waals surface area contributed by atoms with Crippen LogP contribution in [0.3, 0.4) is 0 Å². The van der Waals surface area contributed by atoms with Crippen molar-refractivity contribution in [3.8, 4) is 11.3 Å². The molecule has 2 rings (SSSR count). The molecule has 0 bridgehead atoms. The van der Waals surface area contributed by atoms with E-state index in [0.717, 1.165) is 12.1 Å². The molecule has 0 saturated heterocycles. The number of aromatic nitrogens is 1. The summed E-state index contributed by atoms with van der Waals surface area (Å²) in [5.74, 6) is 0. The fourth-order valence-electron chi connectivity index (χ4n) is 1.54. The van der Waals surface area contributed by atoms with Crippen molar-refractivity contribution >= 4 is 0 Å². The monoisotopic (exact) mass is 253 g/mol. The highest BCUT2D eigenvalue weighted by Crippen LogP contribution is 2.31. The molecule has 1 aromatic heterocycles. The molecule has 5 heteroatoms. The highest BCUT2D eigenvalue weighted by atomic mass is 19.4. The molecule has 0 fully saturated rings. The van der Waals surface area contributed by atoms with Crippen molar-refractivity contribution in [1.29, 1.82) is 0 Å². The molecule has 0 aliphatic rings. The van der Waals surface area contributed by atoms with Gasteiger partial charge in [-0.25, -0.2) is 0 Å². The van der Waals surface area contributed by atoms with Crippen molar-refractivity contribution in [2.45, 2.75) is 12.8 Å². The van der Waals surface area contributed by atoms with E-state index < -0.39 is 11.7 Å². The van der Waals surface area contributed by atoms with E-state index in [0.29, 0.717) is 16.8 Å². The third-order valence-electron chi connectivity index (χ3n) is 2.49. The maximum Gasteiger partial charge on any atom is 0.416 e. The molecule has 0 amide bonds. The van der Waals surface area contributed by atoms with Gasteiger partial charge in [-0.05, 0) is 23.8 Å². The van der Waals surface area contributed by atoms with Gasteiger partial charge in [-0.15, -0.1) is 0 Å². The Morgan fingerprint density at radius 1 is 1.11 bits per heavy atom. The number of aliphatic hydroxyl groups is 1. The molecule has 2 nitrogen and oxygen atoms in total. The number of hydrogen-bond acceptors (Lipinski definition) is 2. The molecule has 0 spiro atoms. The average Bonchev–Trinajstić information content (AvgIpc) is 2.38. The average molecular weight is 253 g/mol. The number of rotatable bonds is 2. The van der Waals surface area contributed by atoms with E-state index in [2.05, 4.69) is 4.98 Å². The molecule has 1 heterocycles. The predicted molar refractivity (Wildman–Crippen MR) is 60.6 cm³/mol. The Kier molecular flexibility index (Phi) is 3.34. The lowest BCUT2D eigenvalue weighted by Crippen LogP contribution is -2.04. The van der Waals surface area contributed by atoms with Crippen molar-refractivity contribution < 1.29 is 18.3 Å². The summed E-state index contributed by atoms with van der Waals surface area (Å²) in [7, 11) is 0. The van der Waals surface area contributed by atoms with Crippen molar-refractivity contribution in [2.75, 3.05) is 0 Å². The SMILES string of the molecule is OCc1ccc(-c2cccc(C(F)(F)F)c2)nc1. The van der Waals surface area contributed by atoms with Crippen molar-refractivity contribution in [3.05, 3.63) is 53.7 Å². The molecular formula is C13H10F3NO. The number of pyridine rings is 1. The zero-order valence-corrected chi connectivity index (χ0v) is 9.28. The highest BCUT2D eigenvalue weighted by Gasteiger charge is 2.30. The molecule has 1 aromatic carbocycles. The lowest BCUT2D eigenvalue weighted by molar-refractivity contribution is -0.137. The lowest BCUT2D eigenvalue weighted by atomic mass is 10.1. The van der Waals surface area contributed by atoms with E-state index in [-0.39, 0.29) is 6.61 Å². The molecule has 0 aliphatic heterocycles. The van der Waals surface area contributed by atoms with Gasteiger partial charge in [0.15, 0.2) is 0 Å². The number of hydrogen-bond donors (Lipinski definition) is 1. The number of halogens is 3. The van der Waals surface area contributed by atoms with Gasteiger partial charge in [0.05, 0.1) is 17.9 Å². The van der Waals surface area contributed by atoms with Gasteiger partial charge in [-0.2, -0.15) is 13.2 Å². The lowest BCUT2D eigenvalue weighted by Gasteiger charge is -2.08.